The summed E-state index contributed by atoms with van der Waals surface area (Å²) in [5.74, 6) is 0. The Morgan fingerprint density at radius 3 is 2.46 bits per heavy atom. The SMILES string of the molecule is C=CN(/C=N\C)C(CC)c1ccc(-c2ccc(COCOC)cc2)cn1. The molecule has 5 nitrogen and oxygen atoms in total. The number of aliphatic imine (C=N–C) groups is 1. The quantitative estimate of drug-likeness (QED) is 0.274. The van der Waals surface area contributed by atoms with E-state index in [-0.39, 0.29) is 6.04 Å². The molecule has 26 heavy (non-hydrogen) atoms. The Balaban J connectivity index is 2.11. The molecule has 0 N–H and O–H groups in total. The Labute approximate surface area is 156 Å². The van der Waals surface area contributed by atoms with Crippen LogP contribution in [0.15, 0.2) is 60.4 Å². The molecule has 1 aromatic heterocycles. The van der Waals surface area contributed by atoms with Crippen LogP contribution in [-0.4, -0.2) is 37.2 Å². The van der Waals surface area contributed by atoms with Gasteiger partial charge in [-0.2, -0.15) is 0 Å². The van der Waals surface area contributed by atoms with E-state index in [2.05, 4.69) is 59.9 Å². The molecule has 1 heterocycles. The van der Waals surface area contributed by atoms with Crippen molar-refractivity contribution >= 4 is 6.34 Å². The van der Waals surface area contributed by atoms with Crippen LogP contribution in [0.25, 0.3) is 11.1 Å². The number of nitrogens with zero attached hydrogens (tertiary/aromatic N) is 3. The molecule has 0 saturated heterocycles. The fraction of sp³-hybridized carbons (Fsp3) is 0.333. The average Bonchev–Trinajstić information content (AvgIpc) is 2.69. The first-order chi connectivity index (χ1) is 12.7. The molecule has 0 aliphatic rings. The summed E-state index contributed by atoms with van der Waals surface area (Å²) >= 11 is 0. The minimum absolute atomic E-state index is 0.130. The highest BCUT2D eigenvalue weighted by Crippen LogP contribution is 2.25. The van der Waals surface area contributed by atoms with Crippen LogP contribution >= 0.6 is 0 Å². The van der Waals surface area contributed by atoms with Crippen molar-refractivity contribution in [2.45, 2.75) is 26.0 Å². The van der Waals surface area contributed by atoms with Gasteiger partial charge in [-0.1, -0.05) is 43.8 Å². The molecule has 0 radical (unpaired) electrons. The lowest BCUT2D eigenvalue weighted by Crippen LogP contribution is -2.22. The van der Waals surface area contributed by atoms with Crippen LogP contribution < -0.4 is 0 Å². The normalized spacial score (nSPS) is 12.3. The number of rotatable bonds is 10. The van der Waals surface area contributed by atoms with E-state index in [1.807, 2.05) is 11.1 Å². The number of aromatic nitrogens is 1. The second-order valence-electron chi connectivity index (χ2n) is 5.85. The first-order valence-corrected chi connectivity index (χ1v) is 8.67. The first-order valence-electron chi connectivity index (χ1n) is 8.67. The lowest BCUT2D eigenvalue weighted by atomic mass is 10.0. The fourth-order valence-corrected chi connectivity index (χ4v) is 2.77. The maximum absolute atomic E-state index is 5.36. The van der Waals surface area contributed by atoms with Gasteiger partial charge in [-0.3, -0.25) is 9.98 Å². The van der Waals surface area contributed by atoms with Gasteiger partial charge < -0.3 is 14.4 Å². The van der Waals surface area contributed by atoms with E-state index >= 15 is 0 Å². The summed E-state index contributed by atoms with van der Waals surface area (Å²) in [7, 11) is 3.37. The summed E-state index contributed by atoms with van der Waals surface area (Å²) in [6.45, 7) is 6.84. The van der Waals surface area contributed by atoms with Gasteiger partial charge in [0.15, 0.2) is 0 Å². The van der Waals surface area contributed by atoms with E-state index < -0.39 is 0 Å². The van der Waals surface area contributed by atoms with Crippen molar-refractivity contribution < 1.29 is 9.47 Å². The van der Waals surface area contributed by atoms with E-state index in [9.17, 15) is 0 Å². The van der Waals surface area contributed by atoms with Crippen LogP contribution in [0, 0.1) is 0 Å². The number of ether oxygens (including phenoxy) is 2. The third kappa shape index (κ3) is 5.25. The van der Waals surface area contributed by atoms with Crippen LogP contribution in [0.3, 0.4) is 0 Å². The van der Waals surface area contributed by atoms with Gasteiger partial charge in [0.25, 0.3) is 0 Å². The minimum atomic E-state index is 0.130. The minimum Gasteiger partial charge on any atom is -0.359 e. The van der Waals surface area contributed by atoms with Crippen molar-refractivity contribution in [2.75, 3.05) is 21.0 Å². The van der Waals surface area contributed by atoms with Crippen LogP contribution in [0.1, 0.15) is 30.6 Å². The molecule has 0 fully saturated rings. The standard InChI is InChI=1S/C21H27N3O2/c1-5-21(24(6-2)15-22-3)20-12-11-19(13-23-20)18-9-7-17(8-10-18)14-26-16-25-4/h6-13,15,21H,2,5,14,16H2,1,3-4H3/b22-15-. The predicted molar refractivity (Wildman–Crippen MR) is 106 cm³/mol. The van der Waals surface area contributed by atoms with E-state index in [0.717, 1.165) is 28.8 Å². The third-order valence-corrected chi connectivity index (χ3v) is 4.09. The Morgan fingerprint density at radius 2 is 1.92 bits per heavy atom. The fourth-order valence-electron chi connectivity index (χ4n) is 2.77. The highest BCUT2D eigenvalue weighted by Gasteiger charge is 2.15. The number of methoxy groups -OCH3 is 1. The van der Waals surface area contributed by atoms with Crippen LogP contribution in [0.5, 0.6) is 0 Å². The molecule has 2 rings (SSSR count). The molecule has 0 spiro atoms. The van der Waals surface area contributed by atoms with Gasteiger partial charge in [-0.25, -0.2) is 0 Å². The molecule has 1 atom stereocenters. The Kier molecular flexibility index (Phi) is 7.99. The topological polar surface area (TPSA) is 47.0 Å². The maximum Gasteiger partial charge on any atom is 0.146 e. The molecule has 0 aliphatic carbocycles. The molecule has 5 heteroatoms. The van der Waals surface area contributed by atoms with E-state index in [1.165, 1.54) is 0 Å². The summed E-state index contributed by atoms with van der Waals surface area (Å²) in [4.78, 5) is 10.7. The molecule has 0 bridgehead atoms. The smallest absolute Gasteiger partial charge is 0.146 e. The lowest BCUT2D eigenvalue weighted by molar-refractivity contribution is -0.0390. The van der Waals surface area contributed by atoms with E-state index in [0.29, 0.717) is 13.4 Å². The summed E-state index contributed by atoms with van der Waals surface area (Å²) < 4.78 is 10.3. The zero-order chi connectivity index (χ0) is 18.8. The van der Waals surface area contributed by atoms with Gasteiger partial charge in [-0.15, -0.1) is 0 Å². The highest BCUT2D eigenvalue weighted by molar-refractivity contribution is 5.63. The molecule has 0 saturated carbocycles. The Bertz CT molecular complexity index is 696. The zero-order valence-electron chi connectivity index (χ0n) is 15.8. The monoisotopic (exact) mass is 353 g/mol. The third-order valence-electron chi connectivity index (χ3n) is 4.09. The van der Waals surface area contributed by atoms with Gasteiger partial charge in [0, 0.05) is 25.9 Å². The second-order valence-corrected chi connectivity index (χ2v) is 5.85. The van der Waals surface area contributed by atoms with Crippen molar-refractivity contribution in [1.29, 1.82) is 0 Å². The summed E-state index contributed by atoms with van der Waals surface area (Å²) in [5, 5.41) is 0. The molecule has 1 unspecified atom stereocenters. The van der Waals surface area contributed by atoms with Crippen LogP contribution in [0.2, 0.25) is 0 Å². The molecule has 1 aromatic carbocycles. The van der Waals surface area contributed by atoms with E-state index in [1.54, 1.807) is 26.7 Å². The van der Waals surface area contributed by atoms with Gasteiger partial charge in [0.05, 0.1) is 24.7 Å². The van der Waals surface area contributed by atoms with Gasteiger partial charge in [0.2, 0.25) is 0 Å². The molecule has 2 aromatic rings. The maximum atomic E-state index is 5.36. The summed E-state index contributed by atoms with van der Waals surface area (Å²) in [6, 6.07) is 12.6. The van der Waals surface area contributed by atoms with Crippen molar-refractivity contribution in [3.05, 3.63) is 66.6 Å². The van der Waals surface area contributed by atoms with Crippen molar-refractivity contribution in [2.24, 2.45) is 4.99 Å². The van der Waals surface area contributed by atoms with Crippen molar-refractivity contribution in [3.8, 4) is 11.1 Å². The average molecular weight is 353 g/mol. The molecular weight excluding hydrogens is 326 g/mol. The molecule has 138 valence electrons. The lowest BCUT2D eigenvalue weighted by Gasteiger charge is -2.25. The molecule has 0 amide bonds. The number of hydrogen-bond acceptors (Lipinski definition) is 4. The van der Waals surface area contributed by atoms with Crippen LogP contribution in [0.4, 0.5) is 0 Å². The number of hydrogen-bond donors (Lipinski definition) is 0. The molecule has 0 aliphatic heterocycles. The van der Waals surface area contributed by atoms with Crippen molar-refractivity contribution in [1.82, 2.24) is 9.88 Å². The summed E-state index contributed by atoms with van der Waals surface area (Å²) in [6.07, 6.45) is 6.39. The number of pyridine rings is 1. The van der Waals surface area contributed by atoms with E-state index in [4.69, 9.17) is 9.47 Å². The van der Waals surface area contributed by atoms with Gasteiger partial charge in [-0.05, 0) is 29.8 Å². The molecular formula is C21H27N3O2. The largest absolute Gasteiger partial charge is 0.359 e. The second kappa shape index (κ2) is 10.5. The first kappa shape index (κ1) is 19.8. The predicted octanol–water partition coefficient (Wildman–Crippen LogP) is 4.42. The Morgan fingerprint density at radius 1 is 1.19 bits per heavy atom. The van der Waals surface area contributed by atoms with Crippen molar-refractivity contribution in [3.63, 3.8) is 0 Å². The van der Waals surface area contributed by atoms with Gasteiger partial charge >= 0.3 is 0 Å². The highest BCUT2D eigenvalue weighted by atomic mass is 16.7. The van der Waals surface area contributed by atoms with Gasteiger partial charge in [0.1, 0.15) is 6.79 Å². The number of benzene rings is 1. The summed E-state index contributed by atoms with van der Waals surface area (Å²) in [5.41, 5.74) is 4.33. The van der Waals surface area contributed by atoms with Crippen LogP contribution in [-0.2, 0) is 16.1 Å². The Hall–Kier alpha value is -2.50. The zero-order valence-corrected chi connectivity index (χ0v) is 15.8.